The maximum atomic E-state index is 11.5. The highest BCUT2D eigenvalue weighted by Crippen LogP contribution is 2.28. The van der Waals surface area contributed by atoms with Gasteiger partial charge in [-0.2, -0.15) is 0 Å². The number of nitro groups is 1. The summed E-state index contributed by atoms with van der Waals surface area (Å²) in [5.74, 6) is -1.80. The molecule has 1 aromatic rings. The van der Waals surface area contributed by atoms with E-state index in [-0.39, 0.29) is 30.3 Å². The van der Waals surface area contributed by atoms with Crippen molar-refractivity contribution in [3.63, 3.8) is 0 Å². The quantitative estimate of drug-likeness (QED) is 0.384. The highest BCUT2D eigenvalue weighted by Gasteiger charge is 2.17. The number of carbonyl (C=O) groups excluding carboxylic acids is 2. The van der Waals surface area contributed by atoms with Crippen molar-refractivity contribution < 1.29 is 24.4 Å². The van der Waals surface area contributed by atoms with Gasteiger partial charge in [-0.15, -0.1) is 0 Å². The molecule has 0 saturated carbocycles. The van der Waals surface area contributed by atoms with Crippen LogP contribution in [0.15, 0.2) is 18.2 Å². The number of nitrogens with one attached hydrogen (secondary N) is 2. The number of benzene rings is 1. The van der Waals surface area contributed by atoms with Crippen molar-refractivity contribution >= 4 is 23.2 Å². The van der Waals surface area contributed by atoms with Crippen molar-refractivity contribution in [3.05, 3.63) is 28.3 Å². The standard InChI is InChI=1S/C11H13N3O6/c1-20-9-3-2-7(14(18)19)6-8(9)13-11(17)10(16)12-4-5-15/h2-3,6,15H,4-5H2,1H3,(H,12,16)(H,13,17). The minimum atomic E-state index is -1.02. The molecule has 2 amide bonds. The van der Waals surface area contributed by atoms with Crippen LogP contribution in [0.3, 0.4) is 0 Å². The van der Waals surface area contributed by atoms with E-state index in [1.165, 1.54) is 19.2 Å². The summed E-state index contributed by atoms with van der Waals surface area (Å²) in [5, 5.41) is 23.5. The van der Waals surface area contributed by atoms with Crippen LogP contribution in [-0.4, -0.2) is 42.1 Å². The predicted octanol–water partition coefficient (Wildman–Crippen LogP) is -0.350. The van der Waals surface area contributed by atoms with Crippen LogP contribution in [-0.2, 0) is 9.59 Å². The molecule has 1 rings (SSSR count). The molecule has 0 heterocycles. The molecule has 0 aromatic heterocycles. The monoisotopic (exact) mass is 283 g/mol. The largest absolute Gasteiger partial charge is 0.495 e. The van der Waals surface area contributed by atoms with Crippen LogP contribution in [0, 0.1) is 10.1 Å². The van der Waals surface area contributed by atoms with Crippen molar-refractivity contribution in [1.82, 2.24) is 5.32 Å². The summed E-state index contributed by atoms with van der Waals surface area (Å²) in [4.78, 5) is 32.9. The molecule has 0 aliphatic heterocycles. The number of rotatable bonds is 5. The fourth-order valence-corrected chi connectivity index (χ4v) is 1.34. The number of carbonyl (C=O) groups is 2. The molecular weight excluding hydrogens is 270 g/mol. The van der Waals surface area contributed by atoms with Gasteiger partial charge in [0.05, 0.1) is 24.3 Å². The minimum Gasteiger partial charge on any atom is -0.495 e. The Balaban J connectivity index is 2.89. The summed E-state index contributed by atoms with van der Waals surface area (Å²) in [6.45, 7) is -0.378. The molecule has 1 aromatic carbocycles. The lowest BCUT2D eigenvalue weighted by Gasteiger charge is -2.09. The van der Waals surface area contributed by atoms with Crippen LogP contribution in [0.4, 0.5) is 11.4 Å². The van der Waals surface area contributed by atoms with Gasteiger partial charge in [0, 0.05) is 18.7 Å². The van der Waals surface area contributed by atoms with Crippen molar-refractivity contribution in [2.75, 3.05) is 25.6 Å². The molecule has 0 aliphatic rings. The number of aliphatic hydroxyl groups is 1. The van der Waals surface area contributed by atoms with E-state index in [1.807, 2.05) is 0 Å². The van der Waals surface area contributed by atoms with Crippen molar-refractivity contribution in [2.24, 2.45) is 0 Å². The molecule has 0 fully saturated rings. The van der Waals surface area contributed by atoms with Gasteiger partial charge in [-0.1, -0.05) is 0 Å². The van der Waals surface area contributed by atoms with Crippen LogP contribution in [0.25, 0.3) is 0 Å². The second-order valence-corrected chi connectivity index (χ2v) is 3.58. The van der Waals surface area contributed by atoms with E-state index < -0.39 is 16.7 Å². The smallest absolute Gasteiger partial charge is 0.313 e. The Morgan fingerprint density at radius 2 is 2.10 bits per heavy atom. The molecule has 9 nitrogen and oxygen atoms in total. The van der Waals surface area contributed by atoms with Gasteiger partial charge >= 0.3 is 11.8 Å². The van der Waals surface area contributed by atoms with Gasteiger partial charge in [-0.05, 0) is 6.07 Å². The van der Waals surface area contributed by atoms with Crippen LogP contribution in [0.1, 0.15) is 0 Å². The van der Waals surface area contributed by atoms with E-state index in [0.29, 0.717) is 0 Å². The molecule has 3 N–H and O–H groups in total. The van der Waals surface area contributed by atoms with E-state index in [1.54, 1.807) is 0 Å². The molecule has 0 radical (unpaired) electrons. The Morgan fingerprint density at radius 1 is 1.40 bits per heavy atom. The van der Waals surface area contributed by atoms with Crippen molar-refractivity contribution in [1.29, 1.82) is 0 Å². The Morgan fingerprint density at radius 3 is 2.65 bits per heavy atom. The molecule has 0 aliphatic carbocycles. The Hall–Kier alpha value is -2.68. The lowest BCUT2D eigenvalue weighted by Crippen LogP contribution is -2.36. The molecular formula is C11H13N3O6. The Labute approximate surface area is 113 Å². The van der Waals surface area contributed by atoms with Gasteiger partial charge in [0.15, 0.2) is 0 Å². The van der Waals surface area contributed by atoms with Gasteiger partial charge in [0.2, 0.25) is 0 Å². The van der Waals surface area contributed by atoms with E-state index in [4.69, 9.17) is 9.84 Å². The maximum Gasteiger partial charge on any atom is 0.313 e. The zero-order chi connectivity index (χ0) is 15.1. The highest BCUT2D eigenvalue weighted by atomic mass is 16.6. The summed E-state index contributed by atoms with van der Waals surface area (Å²) in [6, 6.07) is 3.59. The fraction of sp³-hybridized carbons (Fsp3) is 0.273. The molecule has 0 unspecified atom stereocenters. The lowest BCUT2D eigenvalue weighted by atomic mass is 10.2. The fourth-order valence-electron chi connectivity index (χ4n) is 1.34. The number of ether oxygens (including phenoxy) is 1. The topological polar surface area (TPSA) is 131 Å². The molecule has 0 saturated heterocycles. The first-order valence-electron chi connectivity index (χ1n) is 5.52. The summed E-state index contributed by atoms with van der Waals surface area (Å²) < 4.78 is 4.93. The number of hydrogen-bond donors (Lipinski definition) is 3. The number of nitrogens with zero attached hydrogens (tertiary/aromatic N) is 1. The molecule has 0 spiro atoms. The van der Waals surface area contributed by atoms with Gasteiger partial charge < -0.3 is 20.5 Å². The Bertz CT molecular complexity index is 531. The molecule has 108 valence electrons. The minimum absolute atomic E-state index is 0.00542. The van der Waals surface area contributed by atoms with Gasteiger partial charge in [0.25, 0.3) is 5.69 Å². The number of non-ortho nitro benzene ring substituents is 1. The first-order chi connectivity index (χ1) is 9.49. The summed E-state index contributed by atoms with van der Waals surface area (Å²) >= 11 is 0. The van der Waals surface area contributed by atoms with E-state index in [2.05, 4.69) is 10.6 Å². The number of aliphatic hydroxyl groups excluding tert-OH is 1. The van der Waals surface area contributed by atoms with Crippen LogP contribution in [0.2, 0.25) is 0 Å². The highest BCUT2D eigenvalue weighted by molar-refractivity contribution is 6.39. The first kappa shape index (κ1) is 15.4. The SMILES string of the molecule is COc1ccc([N+](=O)[O-])cc1NC(=O)C(=O)NCCO. The third-order valence-electron chi connectivity index (χ3n) is 2.25. The predicted molar refractivity (Wildman–Crippen MR) is 68.4 cm³/mol. The summed E-state index contributed by atoms with van der Waals surface area (Å²) in [5.41, 5.74) is -0.247. The zero-order valence-electron chi connectivity index (χ0n) is 10.6. The third-order valence-corrected chi connectivity index (χ3v) is 2.25. The molecule has 0 bridgehead atoms. The molecule has 9 heteroatoms. The van der Waals surface area contributed by atoms with Crippen LogP contribution < -0.4 is 15.4 Å². The lowest BCUT2D eigenvalue weighted by molar-refractivity contribution is -0.384. The number of nitro benzene ring substituents is 1. The number of anilines is 1. The average molecular weight is 283 g/mol. The van der Waals surface area contributed by atoms with Crippen molar-refractivity contribution in [3.8, 4) is 5.75 Å². The third kappa shape index (κ3) is 3.92. The molecule has 0 atom stereocenters. The van der Waals surface area contributed by atoms with Crippen LogP contribution in [0.5, 0.6) is 5.75 Å². The Kier molecular flexibility index (Phi) is 5.42. The van der Waals surface area contributed by atoms with Gasteiger partial charge in [-0.3, -0.25) is 19.7 Å². The van der Waals surface area contributed by atoms with Gasteiger partial charge in [0.1, 0.15) is 5.75 Å². The van der Waals surface area contributed by atoms with E-state index in [9.17, 15) is 19.7 Å². The van der Waals surface area contributed by atoms with E-state index >= 15 is 0 Å². The summed E-state index contributed by atoms with van der Waals surface area (Å²) in [6.07, 6.45) is 0. The second-order valence-electron chi connectivity index (χ2n) is 3.58. The maximum absolute atomic E-state index is 11.5. The number of amides is 2. The number of methoxy groups -OCH3 is 1. The van der Waals surface area contributed by atoms with E-state index in [0.717, 1.165) is 6.07 Å². The molecule has 20 heavy (non-hydrogen) atoms. The summed E-state index contributed by atoms with van der Waals surface area (Å²) in [7, 11) is 1.32. The zero-order valence-corrected chi connectivity index (χ0v) is 10.6. The second kappa shape index (κ2) is 7.04. The van der Waals surface area contributed by atoms with Crippen molar-refractivity contribution in [2.45, 2.75) is 0 Å². The first-order valence-corrected chi connectivity index (χ1v) is 5.52. The normalized spacial score (nSPS) is 9.70. The van der Waals surface area contributed by atoms with Gasteiger partial charge in [-0.25, -0.2) is 0 Å². The average Bonchev–Trinajstić information content (AvgIpc) is 2.44. The number of hydrogen-bond acceptors (Lipinski definition) is 6. The van der Waals surface area contributed by atoms with Crippen LogP contribution >= 0.6 is 0 Å².